The van der Waals surface area contributed by atoms with Crippen LogP contribution >= 0.6 is 0 Å². The highest BCUT2D eigenvalue weighted by molar-refractivity contribution is 5.94. The lowest BCUT2D eigenvalue weighted by Gasteiger charge is -2.31. The minimum atomic E-state index is -0.417. The average molecular weight is 252 g/mol. The number of carbonyl (C=O) groups is 1. The van der Waals surface area contributed by atoms with E-state index in [0.717, 1.165) is 13.1 Å². The van der Waals surface area contributed by atoms with Gasteiger partial charge in [-0.05, 0) is 19.1 Å². The summed E-state index contributed by atoms with van der Waals surface area (Å²) in [4.78, 5) is 14.0. The molecule has 1 fully saturated rings. The molecule has 18 heavy (non-hydrogen) atoms. The number of nitrogens with one attached hydrogen (secondary N) is 1. The molecule has 0 saturated carbocycles. The van der Waals surface area contributed by atoms with Crippen molar-refractivity contribution in [2.24, 2.45) is 0 Å². The Morgan fingerprint density at radius 3 is 2.72 bits per heavy atom. The molecule has 0 unspecified atom stereocenters. The first-order valence-corrected chi connectivity index (χ1v) is 6.05. The van der Waals surface area contributed by atoms with Crippen molar-refractivity contribution in [1.82, 2.24) is 4.90 Å². The molecule has 1 atom stereocenters. The van der Waals surface area contributed by atoms with E-state index in [-0.39, 0.29) is 17.6 Å². The van der Waals surface area contributed by atoms with Crippen LogP contribution in [0.15, 0.2) is 24.3 Å². The van der Waals surface area contributed by atoms with Gasteiger partial charge in [-0.25, -0.2) is 4.39 Å². The highest BCUT2D eigenvalue weighted by atomic mass is 19.1. The number of anilines is 1. The molecule has 1 aromatic rings. The van der Waals surface area contributed by atoms with E-state index in [0.29, 0.717) is 13.2 Å². The van der Waals surface area contributed by atoms with Crippen LogP contribution in [0.25, 0.3) is 0 Å². The molecular weight excluding hydrogens is 235 g/mol. The highest BCUT2D eigenvalue weighted by Gasteiger charge is 2.23. The summed E-state index contributed by atoms with van der Waals surface area (Å²) in [7, 11) is 0. The van der Waals surface area contributed by atoms with Crippen LogP contribution in [0.4, 0.5) is 10.1 Å². The van der Waals surface area contributed by atoms with Crippen LogP contribution in [-0.2, 0) is 9.53 Å². The normalized spacial score (nSPS) is 18.3. The Balaban J connectivity index is 1.97. The minimum Gasteiger partial charge on any atom is -0.379 e. The van der Waals surface area contributed by atoms with Crippen molar-refractivity contribution >= 4 is 11.6 Å². The maximum atomic E-state index is 13.4. The van der Waals surface area contributed by atoms with Crippen LogP contribution in [-0.4, -0.2) is 43.2 Å². The van der Waals surface area contributed by atoms with Crippen LogP contribution < -0.4 is 5.32 Å². The van der Waals surface area contributed by atoms with Gasteiger partial charge in [0.05, 0.1) is 24.9 Å². The summed E-state index contributed by atoms with van der Waals surface area (Å²) >= 11 is 0. The van der Waals surface area contributed by atoms with Crippen molar-refractivity contribution in [3.63, 3.8) is 0 Å². The molecule has 1 amide bonds. The molecule has 5 heteroatoms. The van der Waals surface area contributed by atoms with Gasteiger partial charge in [-0.1, -0.05) is 12.1 Å². The molecule has 4 nitrogen and oxygen atoms in total. The first-order chi connectivity index (χ1) is 8.68. The van der Waals surface area contributed by atoms with E-state index in [4.69, 9.17) is 4.74 Å². The molecule has 1 aliphatic heterocycles. The first-order valence-electron chi connectivity index (χ1n) is 6.05. The zero-order chi connectivity index (χ0) is 13.0. The number of benzene rings is 1. The summed E-state index contributed by atoms with van der Waals surface area (Å²) < 4.78 is 18.6. The number of para-hydroxylation sites is 1. The average Bonchev–Trinajstić information content (AvgIpc) is 2.41. The predicted octanol–water partition coefficient (Wildman–Crippen LogP) is 1.48. The molecule has 0 radical (unpaired) electrons. The van der Waals surface area contributed by atoms with Gasteiger partial charge >= 0.3 is 0 Å². The largest absolute Gasteiger partial charge is 0.379 e. The third-order valence-corrected chi connectivity index (χ3v) is 3.10. The topological polar surface area (TPSA) is 41.6 Å². The van der Waals surface area contributed by atoms with Crippen LogP contribution in [0.2, 0.25) is 0 Å². The summed E-state index contributed by atoms with van der Waals surface area (Å²) in [5.41, 5.74) is 0.225. The predicted molar refractivity (Wildman–Crippen MR) is 66.9 cm³/mol. The van der Waals surface area contributed by atoms with Gasteiger partial charge in [0.1, 0.15) is 5.82 Å². The van der Waals surface area contributed by atoms with Crippen molar-refractivity contribution in [1.29, 1.82) is 0 Å². The maximum Gasteiger partial charge on any atom is 0.241 e. The number of hydrogen-bond donors (Lipinski definition) is 1. The van der Waals surface area contributed by atoms with Crippen molar-refractivity contribution < 1.29 is 13.9 Å². The molecule has 0 bridgehead atoms. The van der Waals surface area contributed by atoms with E-state index in [1.54, 1.807) is 18.2 Å². The third kappa shape index (κ3) is 3.05. The molecular formula is C13H17FN2O2. The number of halogens is 1. The first kappa shape index (κ1) is 13.0. The molecule has 1 heterocycles. The Hall–Kier alpha value is -1.46. The lowest BCUT2D eigenvalue weighted by Crippen LogP contribution is -2.47. The fourth-order valence-electron chi connectivity index (χ4n) is 1.93. The molecule has 0 spiro atoms. The second kappa shape index (κ2) is 5.93. The number of amides is 1. The van der Waals surface area contributed by atoms with Crippen LogP contribution in [0.1, 0.15) is 6.92 Å². The van der Waals surface area contributed by atoms with Gasteiger partial charge in [0.2, 0.25) is 5.91 Å². The van der Waals surface area contributed by atoms with Gasteiger partial charge < -0.3 is 10.1 Å². The van der Waals surface area contributed by atoms with Crippen molar-refractivity contribution in [3.8, 4) is 0 Å². The lowest BCUT2D eigenvalue weighted by atomic mass is 10.2. The fourth-order valence-corrected chi connectivity index (χ4v) is 1.93. The van der Waals surface area contributed by atoms with Gasteiger partial charge in [0, 0.05) is 13.1 Å². The molecule has 0 aromatic heterocycles. The molecule has 1 N–H and O–H groups in total. The summed E-state index contributed by atoms with van der Waals surface area (Å²) in [5, 5.41) is 2.61. The van der Waals surface area contributed by atoms with Gasteiger partial charge in [-0.3, -0.25) is 9.69 Å². The standard InChI is InChI=1S/C13H17FN2O2/c1-10(16-6-8-18-9-7-16)13(17)15-12-5-3-2-4-11(12)14/h2-5,10H,6-9H2,1H3,(H,15,17)/t10-/m0/s1. The monoisotopic (exact) mass is 252 g/mol. The molecule has 98 valence electrons. The Kier molecular flexibility index (Phi) is 4.28. The molecule has 1 aromatic carbocycles. The number of rotatable bonds is 3. The fraction of sp³-hybridized carbons (Fsp3) is 0.462. The second-order valence-electron chi connectivity index (χ2n) is 4.29. The minimum absolute atomic E-state index is 0.193. The number of morpholine rings is 1. The zero-order valence-corrected chi connectivity index (χ0v) is 10.4. The Labute approximate surface area is 106 Å². The summed E-state index contributed by atoms with van der Waals surface area (Å²) in [6.07, 6.45) is 0. The van der Waals surface area contributed by atoms with Crippen molar-refractivity contribution in [2.45, 2.75) is 13.0 Å². The molecule has 1 saturated heterocycles. The highest BCUT2D eigenvalue weighted by Crippen LogP contribution is 2.14. The van der Waals surface area contributed by atoms with E-state index in [1.807, 2.05) is 11.8 Å². The maximum absolute atomic E-state index is 13.4. The van der Waals surface area contributed by atoms with Gasteiger partial charge in [-0.2, -0.15) is 0 Å². The smallest absolute Gasteiger partial charge is 0.241 e. The Morgan fingerprint density at radius 2 is 2.06 bits per heavy atom. The van der Waals surface area contributed by atoms with Crippen LogP contribution in [0.3, 0.4) is 0 Å². The van der Waals surface area contributed by atoms with Crippen LogP contribution in [0.5, 0.6) is 0 Å². The second-order valence-corrected chi connectivity index (χ2v) is 4.29. The third-order valence-electron chi connectivity index (χ3n) is 3.10. The summed E-state index contributed by atoms with van der Waals surface area (Å²) in [5.74, 6) is -0.609. The van der Waals surface area contributed by atoms with E-state index in [9.17, 15) is 9.18 Å². The number of carbonyl (C=O) groups excluding carboxylic acids is 1. The number of nitrogens with zero attached hydrogens (tertiary/aromatic N) is 1. The van der Waals surface area contributed by atoms with Crippen LogP contribution in [0, 0.1) is 5.82 Å². The van der Waals surface area contributed by atoms with E-state index in [2.05, 4.69) is 5.32 Å². The van der Waals surface area contributed by atoms with Gasteiger partial charge in [0.15, 0.2) is 0 Å². The van der Waals surface area contributed by atoms with Crippen molar-refractivity contribution in [2.75, 3.05) is 31.6 Å². The molecule has 1 aliphatic rings. The van der Waals surface area contributed by atoms with E-state index in [1.165, 1.54) is 6.07 Å². The summed E-state index contributed by atoms with van der Waals surface area (Å²) in [6.45, 7) is 4.55. The molecule has 2 rings (SSSR count). The zero-order valence-electron chi connectivity index (χ0n) is 10.4. The Morgan fingerprint density at radius 1 is 1.39 bits per heavy atom. The van der Waals surface area contributed by atoms with E-state index >= 15 is 0 Å². The lowest BCUT2D eigenvalue weighted by molar-refractivity contribution is -0.122. The number of hydrogen-bond acceptors (Lipinski definition) is 3. The number of ether oxygens (including phenoxy) is 1. The molecule has 0 aliphatic carbocycles. The van der Waals surface area contributed by atoms with Crippen molar-refractivity contribution in [3.05, 3.63) is 30.1 Å². The van der Waals surface area contributed by atoms with E-state index < -0.39 is 5.82 Å². The Bertz CT molecular complexity index is 419. The summed E-state index contributed by atoms with van der Waals surface area (Å²) in [6, 6.07) is 5.89. The van der Waals surface area contributed by atoms with Gasteiger partial charge in [0.25, 0.3) is 0 Å². The van der Waals surface area contributed by atoms with Gasteiger partial charge in [-0.15, -0.1) is 0 Å². The quantitative estimate of drug-likeness (QED) is 0.886. The SMILES string of the molecule is C[C@@H](C(=O)Nc1ccccc1F)N1CCOCC1.